The van der Waals surface area contributed by atoms with Gasteiger partial charge in [0.05, 0.1) is 10.6 Å². The molecule has 108 valence electrons. The molecule has 0 bridgehead atoms. The predicted octanol–water partition coefficient (Wildman–Crippen LogP) is 4.22. The first-order valence-corrected chi connectivity index (χ1v) is 9.20. The van der Waals surface area contributed by atoms with Crippen LogP contribution in [0.5, 0.6) is 0 Å². The zero-order valence-electron chi connectivity index (χ0n) is 12.1. The Balaban J connectivity index is 3.11. The SMILES string of the molecule is CCCS(=O)(=O)c1ccccc1CC(Br)C(C)(C)C. The number of hydrogen-bond donors (Lipinski definition) is 0. The molecule has 4 heteroatoms. The molecule has 0 amide bonds. The van der Waals surface area contributed by atoms with E-state index in [1.54, 1.807) is 12.1 Å². The van der Waals surface area contributed by atoms with E-state index in [4.69, 9.17) is 0 Å². The highest BCUT2D eigenvalue weighted by molar-refractivity contribution is 9.09. The lowest BCUT2D eigenvalue weighted by atomic mass is 9.88. The highest BCUT2D eigenvalue weighted by Gasteiger charge is 2.25. The average Bonchev–Trinajstić information content (AvgIpc) is 2.28. The van der Waals surface area contributed by atoms with Gasteiger partial charge in [-0.3, -0.25) is 0 Å². The Morgan fingerprint density at radius 3 is 2.32 bits per heavy atom. The minimum atomic E-state index is -3.15. The fraction of sp³-hybridized carbons (Fsp3) is 0.600. The Hall–Kier alpha value is -0.350. The summed E-state index contributed by atoms with van der Waals surface area (Å²) in [5.41, 5.74) is 1.01. The van der Waals surface area contributed by atoms with Crippen molar-refractivity contribution in [2.24, 2.45) is 5.41 Å². The first kappa shape index (κ1) is 16.7. The Labute approximate surface area is 125 Å². The smallest absolute Gasteiger partial charge is 0.178 e. The van der Waals surface area contributed by atoms with Gasteiger partial charge in [-0.15, -0.1) is 0 Å². The van der Waals surface area contributed by atoms with E-state index in [-0.39, 0.29) is 16.0 Å². The van der Waals surface area contributed by atoms with Crippen LogP contribution in [0.1, 0.15) is 39.7 Å². The summed E-state index contributed by atoms with van der Waals surface area (Å²) in [6.45, 7) is 8.34. The number of benzene rings is 1. The lowest BCUT2D eigenvalue weighted by Crippen LogP contribution is -2.23. The lowest BCUT2D eigenvalue weighted by Gasteiger charge is -2.26. The summed E-state index contributed by atoms with van der Waals surface area (Å²) >= 11 is 3.68. The summed E-state index contributed by atoms with van der Waals surface area (Å²) in [7, 11) is -3.15. The van der Waals surface area contributed by atoms with Crippen LogP contribution >= 0.6 is 15.9 Å². The fourth-order valence-electron chi connectivity index (χ4n) is 1.85. The van der Waals surface area contributed by atoms with Gasteiger partial charge in [0, 0.05) is 4.83 Å². The maximum Gasteiger partial charge on any atom is 0.178 e. The molecule has 0 radical (unpaired) electrons. The van der Waals surface area contributed by atoms with Crippen LogP contribution < -0.4 is 0 Å². The van der Waals surface area contributed by atoms with Crippen LogP contribution in [0, 0.1) is 5.41 Å². The first-order chi connectivity index (χ1) is 8.68. The van der Waals surface area contributed by atoms with Crippen molar-refractivity contribution in [3.05, 3.63) is 29.8 Å². The van der Waals surface area contributed by atoms with Crippen molar-refractivity contribution >= 4 is 25.8 Å². The van der Waals surface area contributed by atoms with Crippen molar-refractivity contribution in [2.75, 3.05) is 5.75 Å². The van der Waals surface area contributed by atoms with Gasteiger partial charge in [-0.1, -0.05) is 61.8 Å². The highest BCUT2D eigenvalue weighted by Crippen LogP contribution is 2.31. The largest absolute Gasteiger partial charge is 0.224 e. The molecule has 0 saturated carbocycles. The van der Waals surface area contributed by atoms with Gasteiger partial charge in [0.1, 0.15) is 0 Å². The van der Waals surface area contributed by atoms with Crippen LogP contribution in [0.15, 0.2) is 29.2 Å². The van der Waals surface area contributed by atoms with E-state index >= 15 is 0 Å². The van der Waals surface area contributed by atoms with E-state index in [9.17, 15) is 8.42 Å². The summed E-state index contributed by atoms with van der Waals surface area (Å²) in [6, 6.07) is 7.35. The maximum absolute atomic E-state index is 12.3. The van der Waals surface area contributed by atoms with Gasteiger partial charge in [0.15, 0.2) is 9.84 Å². The zero-order chi connectivity index (χ0) is 14.7. The number of sulfone groups is 1. The van der Waals surface area contributed by atoms with Crippen molar-refractivity contribution < 1.29 is 8.42 Å². The number of halogens is 1. The fourth-order valence-corrected chi connectivity index (χ4v) is 3.80. The molecule has 1 aromatic rings. The Bertz CT molecular complexity index is 515. The van der Waals surface area contributed by atoms with Gasteiger partial charge < -0.3 is 0 Å². The van der Waals surface area contributed by atoms with Crippen LogP contribution in [0.4, 0.5) is 0 Å². The van der Waals surface area contributed by atoms with Gasteiger partial charge in [-0.05, 0) is 29.9 Å². The highest BCUT2D eigenvalue weighted by atomic mass is 79.9. The molecule has 0 saturated heterocycles. The minimum Gasteiger partial charge on any atom is -0.224 e. The molecule has 0 fully saturated rings. The molecule has 0 heterocycles. The Morgan fingerprint density at radius 2 is 1.79 bits per heavy atom. The van der Waals surface area contributed by atoms with E-state index in [0.29, 0.717) is 11.3 Å². The predicted molar refractivity (Wildman–Crippen MR) is 84.7 cm³/mol. The third-order valence-electron chi connectivity index (χ3n) is 3.12. The van der Waals surface area contributed by atoms with Crippen LogP contribution in [0.3, 0.4) is 0 Å². The molecular weight excluding hydrogens is 324 g/mol. The molecule has 0 spiro atoms. The molecule has 2 nitrogen and oxygen atoms in total. The Kier molecular flexibility index (Phi) is 5.63. The van der Waals surface area contributed by atoms with E-state index < -0.39 is 9.84 Å². The maximum atomic E-state index is 12.3. The molecule has 0 aliphatic carbocycles. The van der Waals surface area contributed by atoms with Gasteiger partial charge in [-0.25, -0.2) is 8.42 Å². The molecular formula is C15H23BrO2S. The van der Waals surface area contributed by atoms with Crippen LogP contribution in [0.2, 0.25) is 0 Å². The normalized spacial score (nSPS) is 14.4. The van der Waals surface area contributed by atoms with Crippen molar-refractivity contribution in [3.63, 3.8) is 0 Å². The molecule has 0 aliphatic rings. The third-order valence-corrected chi connectivity index (χ3v) is 6.83. The Morgan fingerprint density at radius 1 is 1.21 bits per heavy atom. The lowest BCUT2D eigenvalue weighted by molar-refractivity contribution is 0.396. The molecule has 1 atom stereocenters. The van der Waals surface area contributed by atoms with Gasteiger partial charge >= 0.3 is 0 Å². The second-order valence-corrected chi connectivity index (χ2v) is 9.15. The number of rotatable bonds is 5. The van der Waals surface area contributed by atoms with Gasteiger partial charge in [0.2, 0.25) is 0 Å². The summed E-state index contributed by atoms with van der Waals surface area (Å²) in [5.74, 6) is 0.215. The zero-order valence-corrected chi connectivity index (χ0v) is 14.5. The van der Waals surface area contributed by atoms with Gasteiger partial charge in [-0.2, -0.15) is 0 Å². The second-order valence-electron chi connectivity index (χ2n) is 5.96. The molecule has 0 aliphatic heterocycles. The van der Waals surface area contributed by atoms with E-state index in [1.165, 1.54) is 0 Å². The monoisotopic (exact) mass is 346 g/mol. The molecule has 1 aromatic carbocycles. The quantitative estimate of drug-likeness (QED) is 0.748. The van der Waals surface area contributed by atoms with Crippen LogP contribution in [-0.2, 0) is 16.3 Å². The first-order valence-electron chi connectivity index (χ1n) is 6.63. The molecule has 0 N–H and O–H groups in total. The molecule has 1 rings (SSSR count). The van der Waals surface area contributed by atoms with E-state index in [1.807, 2.05) is 19.1 Å². The molecule has 0 aromatic heterocycles. The molecule has 19 heavy (non-hydrogen) atoms. The van der Waals surface area contributed by atoms with Crippen LogP contribution in [0.25, 0.3) is 0 Å². The summed E-state index contributed by atoms with van der Waals surface area (Å²) in [4.78, 5) is 0.739. The van der Waals surface area contributed by atoms with Crippen molar-refractivity contribution in [1.82, 2.24) is 0 Å². The van der Waals surface area contributed by atoms with Crippen molar-refractivity contribution in [1.29, 1.82) is 0 Å². The third kappa shape index (κ3) is 4.60. The van der Waals surface area contributed by atoms with Gasteiger partial charge in [0.25, 0.3) is 0 Å². The number of alkyl halides is 1. The summed E-state index contributed by atoms with van der Waals surface area (Å²) < 4.78 is 24.5. The van der Waals surface area contributed by atoms with Crippen molar-refractivity contribution in [3.8, 4) is 0 Å². The summed E-state index contributed by atoms with van der Waals surface area (Å²) in [5, 5.41) is 0. The molecule has 1 unspecified atom stereocenters. The topological polar surface area (TPSA) is 34.1 Å². The number of hydrogen-bond acceptors (Lipinski definition) is 2. The second kappa shape index (κ2) is 6.40. The van der Waals surface area contributed by atoms with E-state index in [0.717, 1.165) is 12.0 Å². The van der Waals surface area contributed by atoms with Crippen molar-refractivity contribution in [2.45, 2.75) is 50.3 Å². The van der Waals surface area contributed by atoms with E-state index in [2.05, 4.69) is 36.7 Å². The minimum absolute atomic E-state index is 0.0988. The van der Waals surface area contributed by atoms with Crippen LogP contribution in [-0.4, -0.2) is 19.0 Å². The standard InChI is InChI=1S/C15H23BrO2S/c1-5-10-19(17,18)13-9-7-6-8-12(13)11-14(16)15(2,3)4/h6-9,14H,5,10-11H2,1-4H3. The average molecular weight is 347 g/mol. The summed E-state index contributed by atoms with van der Waals surface area (Å²) in [6.07, 6.45) is 1.37.